The number of halogens is 2. The Labute approximate surface area is 248 Å². The third-order valence-corrected chi connectivity index (χ3v) is 10.7. The summed E-state index contributed by atoms with van der Waals surface area (Å²) in [4.78, 5) is 48.1. The average Bonchev–Trinajstić information content (AvgIpc) is 3.63. The summed E-state index contributed by atoms with van der Waals surface area (Å²) in [5.41, 5.74) is 0.728. The van der Waals surface area contributed by atoms with Crippen molar-refractivity contribution in [2.75, 3.05) is 19.6 Å². The van der Waals surface area contributed by atoms with Gasteiger partial charge in [0.25, 0.3) is 0 Å². The number of nitrogens with zero attached hydrogens (tertiary/aromatic N) is 4. The Balaban J connectivity index is 1.42. The third kappa shape index (κ3) is 5.43. The predicted octanol–water partition coefficient (Wildman–Crippen LogP) is 1.40. The van der Waals surface area contributed by atoms with E-state index in [1.807, 2.05) is 6.07 Å². The van der Waals surface area contributed by atoms with Crippen LogP contribution in [-0.2, 0) is 30.8 Å². The van der Waals surface area contributed by atoms with Crippen LogP contribution in [0.1, 0.15) is 31.2 Å². The molecule has 218 valence electrons. The minimum atomic E-state index is -4.30. The monoisotopic (exact) mass is 620 g/mol. The van der Waals surface area contributed by atoms with Gasteiger partial charge in [-0.25, -0.2) is 8.42 Å². The number of aromatic nitrogens is 1. The zero-order valence-corrected chi connectivity index (χ0v) is 24.4. The minimum Gasteiger partial charge on any atom is -0.342 e. The second-order valence-electron chi connectivity index (χ2n) is 10.9. The van der Waals surface area contributed by atoms with Gasteiger partial charge in [0.1, 0.15) is 23.1 Å². The van der Waals surface area contributed by atoms with Crippen LogP contribution in [0.4, 0.5) is 0 Å². The molecule has 0 radical (unpaired) electrons. The van der Waals surface area contributed by atoms with Gasteiger partial charge in [0.15, 0.2) is 0 Å². The molecule has 3 aliphatic heterocycles. The fourth-order valence-corrected chi connectivity index (χ4v) is 8.29. The quantitative estimate of drug-likeness (QED) is 0.478. The number of piperazine rings is 1. The smallest absolute Gasteiger partial charge is 0.248 e. The number of carbonyl (C=O) groups excluding carboxylic acids is 3. The molecule has 2 N–H and O–H groups in total. The molecule has 11 nitrogen and oxygen atoms in total. The highest BCUT2D eigenvalue weighted by Gasteiger charge is 2.56. The first kappa shape index (κ1) is 28.4. The van der Waals surface area contributed by atoms with Gasteiger partial charge in [0, 0.05) is 36.4 Å². The standard InChI is InChI=1S/C27H30Cl2N6O5S/c28-17-5-8-23(19(29)12-17)41(39,40)34-14-21(32-25(36)20-4-2-10-31-20)26(37)35-22(11-16-3-1-9-30-13-16)27(38)33(15-24(34)35)18-6-7-18/h1,3,5,8-9,12-13,18,20-22,24,31H,2,4,6-7,10-11,14-15H2,(H,32,36). The summed E-state index contributed by atoms with van der Waals surface area (Å²) in [7, 11) is -4.30. The fourth-order valence-electron chi connectivity index (χ4n) is 5.96. The van der Waals surface area contributed by atoms with Crippen molar-refractivity contribution in [3.63, 3.8) is 0 Å². The number of nitrogens with one attached hydrogen (secondary N) is 2. The van der Waals surface area contributed by atoms with Crippen molar-refractivity contribution in [1.82, 2.24) is 29.7 Å². The number of amides is 3. The Morgan fingerprint density at radius 2 is 1.90 bits per heavy atom. The fraction of sp³-hybridized carbons (Fsp3) is 0.481. The molecule has 14 heteroatoms. The van der Waals surface area contributed by atoms with E-state index in [4.69, 9.17) is 23.2 Å². The molecule has 4 fully saturated rings. The van der Waals surface area contributed by atoms with Crippen molar-refractivity contribution in [2.24, 2.45) is 0 Å². The molecule has 1 saturated carbocycles. The van der Waals surface area contributed by atoms with Crippen molar-refractivity contribution < 1.29 is 22.8 Å². The second kappa shape index (κ2) is 11.1. The van der Waals surface area contributed by atoms with Crippen LogP contribution in [-0.4, -0.2) is 95.2 Å². The van der Waals surface area contributed by atoms with Gasteiger partial charge in [-0.1, -0.05) is 29.3 Å². The number of hydrogen-bond donors (Lipinski definition) is 2. The molecule has 4 atom stereocenters. The van der Waals surface area contributed by atoms with E-state index in [0.717, 1.165) is 24.8 Å². The number of fused-ring (bicyclic) bond motifs is 1. The van der Waals surface area contributed by atoms with E-state index in [2.05, 4.69) is 15.6 Å². The van der Waals surface area contributed by atoms with Crippen molar-refractivity contribution in [1.29, 1.82) is 0 Å². The SMILES string of the molecule is O=C(NC1CN(S(=O)(=O)c2ccc(Cl)cc2Cl)C2CN(C3CC3)C(=O)C(Cc3cccnc3)N2C1=O)C1CCCN1. The lowest BCUT2D eigenvalue weighted by atomic mass is 9.97. The van der Waals surface area contributed by atoms with Crippen LogP contribution in [0.15, 0.2) is 47.6 Å². The van der Waals surface area contributed by atoms with Crippen molar-refractivity contribution in [3.8, 4) is 0 Å². The topological polar surface area (TPSA) is 132 Å². The first-order chi connectivity index (χ1) is 19.6. The molecule has 41 heavy (non-hydrogen) atoms. The summed E-state index contributed by atoms with van der Waals surface area (Å²) in [5.74, 6) is -1.12. The van der Waals surface area contributed by atoms with E-state index in [1.54, 1.807) is 23.4 Å². The third-order valence-electron chi connectivity index (χ3n) is 8.15. The Bertz CT molecular complexity index is 1470. The van der Waals surface area contributed by atoms with Crippen LogP contribution in [0.25, 0.3) is 0 Å². The Morgan fingerprint density at radius 3 is 2.56 bits per heavy atom. The number of hydrogen-bond acceptors (Lipinski definition) is 7. The Morgan fingerprint density at radius 1 is 1.10 bits per heavy atom. The number of sulfonamides is 1. The zero-order chi connectivity index (χ0) is 28.9. The van der Waals surface area contributed by atoms with Crippen molar-refractivity contribution in [2.45, 2.75) is 67.3 Å². The molecule has 0 bridgehead atoms. The highest BCUT2D eigenvalue weighted by molar-refractivity contribution is 7.89. The maximum absolute atomic E-state index is 14.2. The largest absolute Gasteiger partial charge is 0.342 e. The first-order valence-corrected chi connectivity index (χ1v) is 15.9. The maximum atomic E-state index is 14.2. The normalized spacial score (nSPS) is 27.2. The van der Waals surface area contributed by atoms with Crippen LogP contribution < -0.4 is 10.6 Å². The van der Waals surface area contributed by atoms with E-state index in [9.17, 15) is 22.8 Å². The summed E-state index contributed by atoms with van der Waals surface area (Å²) in [5, 5.41) is 6.10. The molecule has 1 aromatic heterocycles. The lowest BCUT2D eigenvalue weighted by Gasteiger charge is -2.53. The molecule has 4 heterocycles. The molecule has 0 spiro atoms. The molecule has 4 aliphatic rings. The second-order valence-corrected chi connectivity index (χ2v) is 13.6. The number of rotatable bonds is 7. The first-order valence-electron chi connectivity index (χ1n) is 13.7. The molecule has 1 aromatic carbocycles. The summed E-state index contributed by atoms with van der Waals surface area (Å²) < 4.78 is 29.7. The molecular formula is C27H30Cl2N6O5S. The zero-order valence-electron chi connectivity index (χ0n) is 22.1. The number of carbonyl (C=O) groups is 3. The van der Waals surface area contributed by atoms with E-state index >= 15 is 0 Å². The van der Waals surface area contributed by atoms with Crippen LogP contribution in [0.2, 0.25) is 10.0 Å². The molecule has 2 aromatic rings. The highest BCUT2D eigenvalue weighted by atomic mass is 35.5. The van der Waals surface area contributed by atoms with E-state index in [1.165, 1.54) is 27.4 Å². The summed E-state index contributed by atoms with van der Waals surface area (Å²) >= 11 is 12.4. The lowest BCUT2D eigenvalue weighted by Crippen LogP contribution is -2.76. The van der Waals surface area contributed by atoms with E-state index in [-0.39, 0.29) is 52.3 Å². The van der Waals surface area contributed by atoms with Crippen LogP contribution in [0.5, 0.6) is 0 Å². The number of benzene rings is 1. The molecular weight excluding hydrogens is 591 g/mol. The highest BCUT2D eigenvalue weighted by Crippen LogP contribution is 2.38. The number of pyridine rings is 1. The van der Waals surface area contributed by atoms with Crippen LogP contribution >= 0.6 is 23.2 Å². The molecule has 3 saturated heterocycles. The van der Waals surface area contributed by atoms with E-state index in [0.29, 0.717) is 13.0 Å². The van der Waals surface area contributed by atoms with Gasteiger partial charge in [-0.3, -0.25) is 19.4 Å². The van der Waals surface area contributed by atoms with E-state index < -0.39 is 40.2 Å². The minimum absolute atomic E-state index is 0.00862. The van der Waals surface area contributed by atoms with Gasteiger partial charge in [-0.05, 0) is 62.1 Å². The Kier molecular flexibility index (Phi) is 7.70. The Hall–Kier alpha value is -2.77. The lowest BCUT2D eigenvalue weighted by molar-refractivity contribution is -0.168. The molecule has 3 amide bonds. The van der Waals surface area contributed by atoms with Crippen LogP contribution in [0, 0.1) is 0 Å². The van der Waals surface area contributed by atoms with Crippen LogP contribution in [0.3, 0.4) is 0 Å². The predicted molar refractivity (Wildman–Crippen MR) is 150 cm³/mol. The molecule has 6 rings (SSSR count). The van der Waals surface area contributed by atoms with Gasteiger partial charge in [-0.15, -0.1) is 0 Å². The maximum Gasteiger partial charge on any atom is 0.248 e. The van der Waals surface area contributed by atoms with Gasteiger partial charge in [0.2, 0.25) is 27.7 Å². The molecule has 4 unspecified atom stereocenters. The van der Waals surface area contributed by atoms with Gasteiger partial charge >= 0.3 is 0 Å². The average molecular weight is 622 g/mol. The molecule has 1 aliphatic carbocycles. The van der Waals surface area contributed by atoms with Crippen molar-refractivity contribution >= 4 is 50.9 Å². The van der Waals surface area contributed by atoms with Gasteiger partial charge < -0.3 is 20.4 Å². The van der Waals surface area contributed by atoms with Gasteiger partial charge in [-0.2, -0.15) is 4.31 Å². The van der Waals surface area contributed by atoms with Gasteiger partial charge in [0.05, 0.1) is 17.6 Å². The van der Waals surface area contributed by atoms with Crippen molar-refractivity contribution in [3.05, 3.63) is 58.3 Å². The summed E-state index contributed by atoms with van der Waals surface area (Å²) in [6.45, 7) is 0.402. The summed E-state index contributed by atoms with van der Waals surface area (Å²) in [6, 6.07) is 5.01. The summed E-state index contributed by atoms with van der Waals surface area (Å²) in [6.07, 6.45) is 5.46.